The molecule has 0 saturated carbocycles. The van der Waals surface area contributed by atoms with E-state index in [9.17, 15) is 0 Å². The number of benzene rings is 8. The molecule has 0 aliphatic carbocycles. The highest BCUT2D eigenvalue weighted by Crippen LogP contribution is 2.66. The first kappa shape index (κ1) is 52.9. The van der Waals surface area contributed by atoms with E-state index in [2.05, 4.69) is 283 Å². The van der Waals surface area contributed by atoms with Crippen molar-refractivity contribution in [3.8, 4) is 0 Å². The fraction of sp³-hybridized carbons (Fsp3) is 0.262. The van der Waals surface area contributed by atoms with Gasteiger partial charge in [-0.3, -0.25) is 9.34 Å². The molecule has 1 spiro atoms. The van der Waals surface area contributed by atoms with Gasteiger partial charge in [-0.15, -0.1) is 0 Å². The largest absolute Gasteiger partial charge is 0.313 e. The predicted octanol–water partition coefficient (Wildman–Crippen LogP) is 17.5. The third kappa shape index (κ3) is 10.4. The molecule has 8 aromatic rings. The molecule has 0 N–H and O–H groups in total. The Bertz CT molecular complexity index is 2870. The van der Waals surface area contributed by atoms with Gasteiger partial charge in [-0.05, 0) is 117 Å². The van der Waals surface area contributed by atoms with Gasteiger partial charge >= 0.3 is 0 Å². The number of nitrogens with zero attached hydrogens (tertiary/aromatic N) is 2. The molecule has 2 fully saturated rings. The molecule has 0 atom stereocenters. The monoisotopic (exact) mass is 1070 g/mol. The molecule has 10 heteroatoms. The van der Waals surface area contributed by atoms with Gasteiger partial charge in [0.2, 0.25) is 0 Å². The summed E-state index contributed by atoms with van der Waals surface area (Å²) in [5, 5.41) is 0. The van der Waals surface area contributed by atoms with Crippen molar-refractivity contribution in [1.82, 2.24) is 0 Å². The minimum absolute atomic E-state index is 0.217. The fourth-order valence-electron chi connectivity index (χ4n) is 10.5. The molecule has 2 aliphatic rings. The molecule has 8 aromatic carbocycles. The number of rotatable bonds is 14. The van der Waals surface area contributed by atoms with Gasteiger partial charge in [0, 0.05) is 44.4 Å². The van der Waals surface area contributed by atoms with Crippen LogP contribution in [0, 0.1) is 5.41 Å². The molecule has 2 aliphatic heterocycles. The topological polar surface area (TPSA) is 43.4 Å². The van der Waals surface area contributed by atoms with Crippen molar-refractivity contribution in [3.05, 3.63) is 263 Å². The quantitative estimate of drug-likeness (QED) is 0.0998. The summed E-state index contributed by atoms with van der Waals surface area (Å²) in [6.07, 6.45) is 0. The second-order valence-electron chi connectivity index (χ2n) is 22.3. The van der Waals surface area contributed by atoms with E-state index in [4.69, 9.17) is 41.7 Å². The van der Waals surface area contributed by atoms with Crippen molar-refractivity contribution in [2.45, 2.75) is 77.0 Å². The molecule has 384 valence electrons. The van der Waals surface area contributed by atoms with Gasteiger partial charge in [0.15, 0.2) is 0 Å². The van der Waals surface area contributed by atoms with Gasteiger partial charge in [0.1, 0.15) is 0 Å². The van der Waals surface area contributed by atoms with Crippen molar-refractivity contribution in [2.24, 2.45) is 5.41 Å². The average Bonchev–Trinajstić information content (AvgIpc) is 3.44. The van der Waals surface area contributed by atoms with Crippen LogP contribution in [0.5, 0.6) is 0 Å². The molecule has 0 aromatic heterocycles. The van der Waals surface area contributed by atoms with Crippen LogP contribution >= 0.6 is 13.3 Å². The maximum absolute atomic E-state index is 6.96. The van der Waals surface area contributed by atoms with Crippen LogP contribution in [-0.2, 0) is 63.4 Å². The molecular formula is C65H68N2O4P2S2. The summed E-state index contributed by atoms with van der Waals surface area (Å²) in [5.41, 5.74) is 11.8. The first-order chi connectivity index (χ1) is 35.8. The lowest BCUT2D eigenvalue weighted by atomic mass is 9.78. The molecule has 0 radical (unpaired) electrons. The van der Waals surface area contributed by atoms with Crippen LogP contribution in [0.15, 0.2) is 218 Å². The van der Waals surface area contributed by atoms with Gasteiger partial charge < -0.3 is 18.1 Å². The number of hydrogen-bond donors (Lipinski definition) is 0. The Kier molecular flexibility index (Phi) is 14.7. The van der Waals surface area contributed by atoms with Crippen molar-refractivity contribution in [3.63, 3.8) is 0 Å². The summed E-state index contributed by atoms with van der Waals surface area (Å²) in [4.78, 5) is 0. The summed E-state index contributed by atoms with van der Waals surface area (Å²) in [6, 6.07) is 77.3. The van der Waals surface area contributed by atoms with Crippen molar-refractivity contribution in [1.29, 1.82) is 0 Å². The average molecular weight is 1070 g/mol. The van der Waals surface area contributed by atoms with E-state index in [-0.39, 0.29) is 48.1 Å². The summed E-state index contributed by atoms with van der Waals surface area (Å²) in [7, 11) is 0. The van der Waals surface area contributed by atoms with Crippen molar-refractivity contribution in [2.75, 3.05) is 35.8 Å². The number of hydrogen-bond acceptors (Lipinski definition) is 6. The van der Waals surface area contributed by atoms with Gasteiger partial charge in [-0.2, -0.15) is 0 Å². The van der Waals surface area contributed by atoms with Crippen LogP contribution in [0.2, 0.25) is 0 Å². The second kappa shape index (κ2) is 20.8. The summed E-state index contributed by atoms with van der Waals surface area (Å²) < 4.78 is 32.0. The Morgan fingerprint density at radius 3 is 0.653 bits per heavy atom. The van der Waals surface area contributed by atoms with Crippen LogP contribution in [0.3, 0.4) is 0 Å². The summed E-state index contributed by atoms with van der Waals surface area (Å²) in [5.74, 6) is 0. The highest BCUT2D eigenvalue weighted by Gasteiger charge is 2.50. The molecule has 6 nitrogen and oxygen atoms in total. The zero-order valence-electron chi connectivity index (χ0n) is 44.4. The Balaban J connectivity index is 0.934. The van der Waals surface area contributed by atoms with Crippen molar-refractivity contribution < 1.29 is 18.1 Å². The van der Waals surface area contributed by atoms with E-state index in [0.29, 0.717) is 0 Å². The third-order valence-electron chi connectivity index (χ3n) is 15.9. The summed E-state index contributed by atoms with van der Waals surface area (Å²) in [6.45, 7) is 12.8. The molecule has 0 unspecified atom stereocenters. The van der Waals surface area contributed by atoms with Gasteiger partial charge in [0.25, 0.3) is 13.3 Å². The van der Waals surface area contributed by atoms with Crippen LogP contribution in [0.4, 0.5) is 22.7 Å². The van der Waals surface area contributed by atoms with Crippen LogP contribution in [0.25, 0.3) is 0 Å². The van der Waals surface area contributed by atoms with E-state index in [1.54, 1.807) is 0 Å². The first-order valence-electron chi connectivity index (χ1n) is 25.9. The van der Waals surface area contributed by atoms with Gasteiger partial charge in [0.05, 0.1) is 31.8 Å². The Hall–Kier alpha value is -5.50. The van der Waals surface area contributed by atoms with E-state index in [0.717, 1.165) is 22.7 Å². The van der Waals surface area contributed by atoms with Crippen LogP contribution in [-0.4, -0.2) is 26.4 Å². The molecule has 10 rings (SSSR count). The zero-order chi connectivity index (χ0) is 52.7. The molecule has 0 bridgehead atoms. The van der Waals surface area contributed by atoms with Crippen LogP contribution in [0.1, 0.15) is 99.9 Å². The lowest BCUT2D eigenvalue weighted by Crippen LogP contribution is -2.47. The highest BCUT2D eigenvalue weighted by atomic mass is 32.5. The Labute approximate surface area is 456 Å². The molecule has 2 saturated heterocycles. The van der Waals surface area contributed by atoms with E-state index >= 15 is 0 Å². The third-order valence-corrected chi connectivity index (χ3v) is 21.9. The lowest BCUT2D eigenvalue weighted by Gasteiger charge is -2.49. The second-order valence-corrected chi connectivity index (χ2v) is 28.8. The van der Waals surface area contributed by atoms with Crippen LogP contribution < -0.4 is 9.34 Å². The standard InChI is InChI=1S/C65H68N2O4P2S2/c1-61(2,49-21-13-9-14-22-49)53-29-37-57(38-30-53)66(58-39-31-54(32-40-58)62(3,4)50-23-15-10-16-24-50)72(74)68-45-65(46-69-72)47-70-73(75,71-48-65)67(59-41-33-55(34-42-59)63(5,6)51-25-17-11-18-26-51)60-43-35-56(36-44-60)64(7,8)52-27-19-12-20-28-52/h9-44H,45-48H2,1-8H3. The minimum Gasteiger partial charge on any atom is -0.313 e. The maximum atomic E-state index is 6.96. The fourth-order valence-corrected chi connectivity index (χ4v) is 16.2. The normalized spacial score (nSPS) is 20.4. The SMILES string of the molecule is CC(C)(c1ccccc1)c1ccc(N(c2ccc(C(C)(C)c3ccccc3)cc2)P2(=S)OCC3(CO2)COP(=S)(N(c2ccc(C(C)(C)c4ccccc4)cc2)c2ccc(C(C)(C)c4ccccc4)cc2)OC3)cc1. The van der Waals surface area contributed by atoms with Gasteiger partial charge in [-0.25, -0.2) is 0 Å². The minimum atomic E-state index is -3.19. The zero-order valence-corrected chi connectivity index (χ0v) is 47.8. The van der Waals surface area contributed by atoms with E-state index in [1.165, 1.54) is 44.5 Å². The predicted molar refractivity (Wildman–Crippen MR) is 319 cm³/mol. The Morgan fingerprint density at radius 2 is 0.467 bits per heavy atom. The summed E-state index contributed by atoms with van der Waals surface area (Å²) >= 11 is 13.2. The van der Waals surface area contributed by atoms with E-state index in [1.807, 2.05) is 0 Å². The first-order valence-corrected chi connectivity index (χ1v) is 31.1. The molecule has 2 heterocycles. The number of anilines is 4. The lowest BCUT2D eigenvalue weighted by molar-refractivity contribution is -0.0545. The smallest absolute Gasteiger partial charge is 0.294 e. The Morgan fingerprint density at radius 1 is 0.293 bits per heavy atom. The van der Waals surface area contributed by atoms with Crippen molar-refractivity contribution >= 4 is 59.6 Å². The highest BCUT2D eigenvalue weighted by molar-refractivity contribution is 8.11. The van der Waals surface area contributed by atoms with E-state index < -0.39 is 18.7 Å². The molecule has 75 heavy (non-hydrogen) atoms. The molecule has 0 amide bonds. The van der Waals surface area contributed by atoms with Gasteiger partial charge in [-0.1, -0.05) is 225 Å². The molecular weight excluding hydrogens is 999 g/mol. The maximum Gasteiger partial charge on any atom is 0.294 e.